The van der Waals surface area contributed by atoms with Crippen LogP contribution in [0.2, 0.25) is 0 Å². The van der Waals surface area contributed by atoms with Crippen molar-refractivity contribution in [3.8, 4) is 0 Å². The van der Waals surface area contributed by atoms with Crippen LogP contribution in [0.5, 0.6) is 0 Å². The van der Waals surface area contributed by atoms with Gasteiger partial charge in [0, 0.05) is 12.8 Å². The number of carbonyl (C=O) groups excluding carboxylic acids is 2. The van der Waals surface area contributed by atoms with E-state index in [0.29, 0.717) is 38.5 Å². The predicted octanol–water partition coefficient (Wildman–Crippen LogP) is 5.19. The van der Waals surface area contributed by atoms with Gasteiger partial charge in [0.1, 0.15) is 43.2 Å². The average molecular weight is 885 g/mol. The molecule has 0 bridgehead atoms. The number of aliphatic hydroxyl groups excluding tert-OH is 8. The molecule has 0 aromatic carbocycles. The van der Waals surface area contributed by atoms with E-state index < -0.39 is 94.0 Å². The molecule has 60 heavy (non-hydrogen) atoms. The summed E-state index contributed by atoms with van der Waals surface area (Å²) in [6.45, 7) is 2.99. The van der Waals surface area contributed by atoms with E-state index in [1.165, 1.54) is 63.5 Å². The zero-order chi connectivity index (χ0) is 44.8. The number of hydrogen-bond acceptors (Lipinski definition) is 15. The first-order valence-corrected chi connectivity index (χ1v) is 24.3. The van der Waals surface area contributed by atoms with E-state index in [2.05, 4.69) is 13.8 Å². The third-order valence-corrected chi connectivity index (χ3v) is 11.9. The summed E-state index contributed by atoms with van der Waals surface area (Å²) in [6, 6.07) is 0. The fraction of sp³-hybridized carbons (Fsp3) is 0.907. The van der Waals surface area contributed by atoms with Crippen LogP contribution in [0, 0.1) is 0 Å². The molecule has 1 fully saturated rings. The summed E-state index contributed by atoms with van der Waals surface area (Å²) >= 11 is 0. The third kappa shape index (κ3) is 26.2. The largest absolute Gasteiger partial charge is 0.472 e. The summed E-state index contributed by atoms with van der Waals surface area (Å²) in [4.78, 5) is 35.7. The van der Waals surface area contributed by atoms with E-state index in [1.54, 1.807) is 0 Å². The lowest BCUT2D eigenvalue weighted by molar-refractivity contribution is -0.220. The molecular weight excluding hydrogens is 803 g/mol. The molecule has 1 saturated carbocycles. The van der Waals surface area contributed by atoms with Crippen LogP contribution in [0.25, 0.3) is 0 Å². The van der Waals surface area contributed by atoms with Gasteiger partial charge < -0.3 is 55.2 Å². The number of esters is 2. The van der Waals surface area contributed by atoms with Crippen molar-refractivity contribution in [2.24, 2.45) is 0 Å². The maximum Gasteiger partial charge on any atom is 0.472 e. The minimum Gasteiger partial charge on any atom is -0.462 e. The Balaban J connectivity index is 2.54. The van der Waals surface area contributed by atoms with E-state index in [0.717, 1.165) is 57.8 Å². The molecule has 0 aromatic heterocycles. The maximum atomic E-state index is 12.8. The average Bonchev–Trinajstić information content (AvgIpc) is 3.22. The second-order valence-electron chi connectivity index (χ2n) is 16.4. The molecule has 9 N–H and O–H groups in total. The number of aliphatic hydroxyl groups is 8. The lowest BCUT2D eigenvalue weighted by Crippen LogP contribution is -2.64. The van der Waals surface area contributed by atoms with Gasteiger partial charge in [-0.05, 0) is 25.7 Å². The van der Waals surface area contributed by atoms with E-state index in [4.69, 9.17) is 18.5 Å². The van der Waals surface area contributed by atoms with Crippen LogP contribution in [0.3, 0.4) is 0 Å². The molecular formula is C43H81O16P. The highest BCUT2D eigenvalue weighted by molar-refractivity contribution is 7.47. The van der Waals surface area contributed by atoms with Crippen LogP contribution in [-0.4, -0.2) is 132 Å². The van der Waals surface area contributed by atoms with Gasteiger partial charge in [0.05, 0.1) is 24.9 Å². The minimum atomic E-state index is -5.16. The van der Waals surface area contributed by atoms with Crippen LogP contribution < -0.4 is 0 Å². The van der Waals surface area contributed by atoms with Crippen molar-refractivity contribution in [2.45, 2.75) is 235 Å². The van der Waals surface area contributed by atoms with Crippen molar-refractivity contribution in [1.29, 1.82) is 0 Å². The smallest absolute Gasteiger partial charge is 0.462 e. The quantitative estimate of drug-likeness (QED) is 0.0168. The zero-order valence-electron chi connectivity index (χ0n) is 36.3. The first-order valence-electron chi connectivity index (χ1n) is 22.8. The standard InChI is InChI=1S/C43H81O16P/c1-3-5-7-8-9-10-11-12-13-14-15-18-22-26-36(47)56-30-33(31-57-60(54,55)59-43-41(52)39(50)38(49)40(51)42(43)53)58-37(48)27-23-19-16-17-21-24-32(44)28-29-35(46)34(45)25-20-6-4-2/h28-29,32-35,38-46,49-53H,3-27,30-31H2,1-2H3,(H,54,55)/b29-28+. The first kappa shape index (κ1) is 56.5. The van der Waals surface area contributed by atoms with E-state index in [1.807, 2.05) is 0 Å². The van der Waals surface area contributed by atoms with Gasteiger partial charge in [0.25, 0.3) is 0 Å². The van der Waals surface area contributed by atoms with Gasteiger partial charge in [-0.3, -0.25) is 18.6 Å². The van der Waals surface area contributed by atoms with Crippen LogP contribution in [-0.2, 0) is 32.7 Å². The molecule has 0 saturated heterocycles. The molecule has 17 heteroatoms. The van der Waals surface area contributed by atoms with Crippen molar-refractivity contribution < 1.29 is 78.4 Å². The second-order valence-corrected chi connectivity index (χ2v) is 17.8. The molecule has 0 aromatic rings. The number of hydrogen-bond donors (Lipinski definition) is 9. The Morgan fingerprint density at radius 1 is 0.567 bits per heavy atom. The van der Waals surface area contributed by atoms with Crippen molar-refractivity contribution in [2.75, 3.05) is 13.2 Å². The Kier molecular flexibility index (Phi) is 32.0. The summed E-state index contributed by atoms with van der Waals surface area (Å²) < 4.78 is 33.4. The number of carbonyl (C=O) groups is 2. The Hall–Kier alpha value is -1.53. The number of unbranched alkanes of at least 4 members (excludes halogenated alkanes) is 18. The first-order chi connectivity index (χ1) is 28.6. The summed E-state index contributed by atoms with van der Waals surface area (Å²) in [7, 11) is -5.16. The molecule has 16 nitrogen and oxygen atoms in total. The summed E-state index contributed by atoms with van der Waals surface area (Å²) in [5, 5.41) is 80.4. The predicted molar refractivity (Wildman–Crippen MR) is 225 cm³/mol. The number of phosphoric ester groups is 1. The summed E-state index contributed by atoms with van der Waals surface area (Å²) in [5.74, 6) is -1.23. The van der Waals surface area contributed by atoms with Gasteiger partial charge >= 0.3 is 19.8 Å². The molecule has 1 aliphatic rings. The molecule has 9 unspecified atom stereocenters. The van der Waals surface area contributed by atoms with Gasteiger partial charge in [-0.1, -0.05) is 148 Å². The van der Waals surface area contributed by atoms with Crippen LogP contribution >= 0.6 is 7.82 Å². The number of rotatable bonds is 37. The molecule has 1 aliphatic carbocycles. The Bertz CT molecular complexity index is 1160. The fourth-order valence-corrected chi connectivity index (χ4v) is 7.96. The van der Waals surface area contributed by atoms with Crippen molar-refractivity contribution >= 4 is 19.8 Å². The monoisotopic (exact) mass is 885 g/mol. The number of ether oxygens (including phenoxy) is 2. The molecule has 1 rings (SSSR count). The highest BCUT2D eigenvalue weighted by atomic mass is 31.2. The normalized spacial score (nSPS) is 23.9. The summed E-state index contributed by atoms with van der Waals surface area (Å²) in [6.07, 6.45) is 8.97. The van der Waals surface area contributed by atoms with Crippen LogP contribution in [0.15, 0.2) is 12.2 Å². The molecule has 0 spiro atoms. The maximum absolute atomic E-state index is 12.8. The molecule has 0 heterocycles. The second kappa shape index (κ2) is 34.0. The minimum absolute atomic E-state index is 0.0148. The SMILES string of the molecule is CCCCCCCCCCCCCCCC(=O)OCC(COP(=O)(O)OC1C(O)C(O)C(O)C(O)C1O)OC(=O)CCCCCCCC(O)/C=C/C(O)C(O)CCCCC. The van der Waals surface area contributed by atoms with E-state index in [-0.39, 0.29) is 12.8 Å². The third-order valence-electron chi connectivity index (χ3n) is 10.9. The zero-order valence-corrected chi connectivity index (χ0v) is 37.2. The fourth-order valence-electron chi connectivity index (χ4n) is 6.98. The van der Waals surface area contributed by atoms with Crippen LogP contribution in [0.1, 0.15) is 174 Å². The van der Waals surface area contributed by atoms with Crippen molar-refractivity contribution in [3.05, 3.63) is 12.2 Å². The van der Waals surface area contributed by atoms with E-state index in [9.17, 15) is 59.9 Å². The Labute approximate surface area is 358 Å². The van der Waals surface area contributed by atoms with Crippen LogP contribution in [0.4, 0.5) is 0 Å². The van der Waals surface area contributed by atoms with Gasteiger partial charge in [0.15, 0.2) is 6.10 Å². The Morgan fingerprint density at radius 2 is 1.00 bits per heavy atom. The molecule has 0 amide bonds. The van der Waals surface area contributed by atoms with Gasteiger partial charge in [-0.15, -0.1) is 0 Å². The van der Waals surface area contributed by atoms with Crippen molar-refractivity contribution in [1.82, 2.24) is 0 Å². The molecule has 9 atom stereocenters. The van der Waals surface area contributed by atoms with Crippen molar-refractivity contribution in [3.63, 3.8) is 0 Å². The molecule has 0 radical (unpaired) electrons. The topological polar surface area (TPSA) is 270 Å². The lowest BCUT2D eigenvalue weighted by atomic mass is 9.85. The molecule has 354 valence electrons. The Morgan fingerprint density at radius 3 is 1.53 bits per heavy atom. The summed E-state index contributed by atoms with van der Waals surface area (Å²) in [5.41, 5.74) is 0. The van der Waals surface area contributed by atoms with Gasteiger partial charge in [0.2, 0.25) is 0 Å². The van der Waals surface area contributed by atoms with Gasteiger partial charge in [-0.25, -0.2) is 4.57 Å². The lowest BCUT2D eigenvalue weighted by Gasteiger charge is -2.41. The highest BCUT2D eigenvalue weighted by Crippen LogP contribution is 2.47. The van der Waals surface area contributed by atoms with Gasteiger partial charge in [-0.2, -0.15) is 0 Å². The number of phosphoric acid groups is 1. The van der Waals surface area contributed by atoms with E-state index >= 15 is 0 Å². The highest BCUT2D eigenvalue weighted by Gasteiger charge is 2.51. The molecule has 0 aliphatic heterocycles.